The van der Waals surface area contributed by atoms with Gasteiger partial charge in [-0.2, -0.15) is 4.48 Å². The lowest BCUT2D eigenvalue weighted by Gasteiger charge is -2.33. The molecule has 33 heavy (non-hydrogen) atoms. The number of methoxy groups -OCH3 is 1. The molecule has 1 fully saturated rings. The summed E-state index contributed by atoms with van der Waals surface area (Å²) in [5.74, 6) is -2.02. The SMILES string of the molecule is COc1ccc(C)c(C(=O)N[C@H](C(=O)[N+]2(C(=O)N[C@H](C=O)CC(=O)O)CCCC2)C(C)C)c1. The van der Waals surface area contributed by atoms with Crippen LogP contribution in [0.4, 0.5) is 4.79 Å². The van der Waals surface area contributed by atoms with Gasteiger partial charge in [0.2, 0.25) is 0 Å². The Hall–Kier alpha value is -3.27. The minimum absolute atomic E-state index is 0.209. The first-order valence-corrected chi connectivity index (χ1v) is 10.9. The number of likely N-dealkylation sites (tertiary alicyclic amines) is 1. The van der Waals surface area contributed by atoms with Crippen molar-refractivity contribution in [2.24, 2.45) is 5.92 Å². The molecule has 1 aromatic rings. The molecular formula is C23H32N3O7+. The summed E-state index contributed by atoms with van der Waals surface area (Å²) in [7, 11) is 1.49. The highest BCUT2D eigenvalue weighted by molar-refractivity contribution is 5.99. The second kappa shape index (κ2) is 11.0. The van der Waals surface area contributed by atoms with Crippen molar-refractivity contribution in [2.45, 2.75) is 52.1 Å². The number of nitrogens with zero attached hydrogens (tertiary/aromatic N) is 1. The van der Waals surface area contributed by atoms with E-state index in [4.69, 9.17) is 9.84 Å². The number of hydrogen-bond acceptors (Lipinski definition) is 6. The van der Waals surface area contributed by atoms with E-state index in [0.717, 1.165) is 0 Å². The summed E-state index contributed by atoms with van der Waals surface area (Å²) in [6.07, 6.45) is 0.981. The number of carboxylic acids is 1. The largest absolute Gasteiger partial charge is 0.497 e. The van der Waals surface area contributed by atoms with Gasteiger partial charge in [0.25, 0.3) is 5.91 Å². The number of rotatable bonds is 9. The van der Waals surface area contributed by atoms with E-state index in [1.165, 1.54) is 7.11 Å². The van der Waals surface area contributed by atoms with Crippen molar-refractivity contribution in [3.05, 3.63) is 29.3 Å². The normalized spacial score (nSPS) is 16.5. The monoisotopic (exact) mass is 462 g/mol. The summed E-state index contributed by atoms with van der Waals surface area (Å²) in [4.78, 5) is 62.1. The van der Waals surface area contributed by atoms with Crippen molar-refractivity contribution in [1.29, 1.82) is 0 Å². The van der Waals surface area contributed by atoms with Gasteiger partial charge in [-0.05, 0) is 30.5 Å². The Kier molecular flexibility index (Phi) is 8.69. The molecule has 0 bridgehead atoms. The van der Waals surface area contributed by atoms with Gasteiger partial charge in [-0.15, -0.1) is 0 Å². The third kappa shape index (κ3) is 5.95. The molecule has 2 atom stereocenters. The van der Waals surface area contributed by atoms with Crippen LogP contribution in [-0.2, 0) is 14.4 Å². The third-order valence-electron chi connectivity index (χ3n) is 5.92. The van der Waals surface area contributed by atoms with E-state index in [2.05, 4.69) is 10.6 Å². The molecular weight excluding hydrogens is 430 g/mol. The number of ether oxygens (including phenoxy) is 1. The van der Waals surface area contributed by atoms with Crippen LogP contribution in [0.1, 0.15) is 49.0 Å². The number of aryl methyl sites for hydroxylation is 1. The Morgan fingerprint density at radius 3 is 2.30 bits per heavy atom. The van der Waals surface area contributed by atoms with Crippen LogP contribution in [0, 0.1) is 12.8 Å². The van der Waals surface area contributed by atoms with Gasteiger partial charge in [0.05, 0.1) is 26.6 Å². The maximum Gasteiger partial charge on any atom is 0.424 e. The molecule has 1 saturated heterocycles. The van der Waals surface area contributed by atoms with E-state index >= 15 is 0 Å². The van der Waals surface area contributed by atoms with Gasteiger partial charge in [0.15, 0.2) is 0 Å². The van der Waals surface area contributed by atoms with Gasteiger partial charge in [0, 0.05) is 18.4 Å². The minimum Gasteiger partial charge on any atom is -0.497 e. The van der Waals surface area contributed by atoms with Crippen molar-refractivity contribution in [3.8, 4) is 5.75 Å². The molecule has 2 rings (SSSR count). The fourth-order valence-corrected chi connectivity index (χ4v) is 3.97. The number of imide groups is 1. The quantitative estimate of drug-likeness (QED) is 0.375. The average Bonchev–Trinajstić information content (AvgIpc) is 3.27. The minimum atomic E-state index is -1.25. The summed E-state index contributed by atoms with van der Waals surface area (Å²) in [6, 6.07) is 2.11. The van der Waals surface area contributed by atoms with Crippen molar-refractivity contribution >= 4 is 30.1 Å². The van der Waals surface area contributed by atoms with Crippen LogP contribution in [0.5, 0.6) is 5.75 Å². The van der Waals surface area contributed by atoms with E-state index in [0.29, 0.717) is 36.0 Å². The zero-order valence-corrected chi connectivity index (χ0v) is 19.4. The van der Waals surface area contributed by atoms with Crippen LogP contribution < -0.4 is 15.4 Å². The van der Waals surface area contributed by atoms with Crippen molar-refractivity contribution in [2.75, 3.05) is 20.2 Å². The van der Waals surface area contributed by atoms with Gasteiger partial charge < -0.3 is 20.0 Å². The van der Waals surface area contributed by atoms with Crippen molar-refractivity contribution in [3.63, 3.8) is 0 Å². The molecule has 0 aliphatic carbocycles. The fourth-order valence-electron chi connectivity index (χ4n) is 3.97. The summed E-state index contributed by atoms with van der Waals surface area (Å²) < 4.78 is 4.60. The van der Waals surface area contributed by atoms with E-state index in [1.54, 1.807) is 39.0 Å². The molecule has 10 nitrogen and oxygen atoms in total. The van der Waals surface area contributed by atoms with Crippen molar-refractivity contribution in [1.82, 2.24) is 10.6 Å². The number of aliphatic carboxylic acids is 1. The highest BCUT2D eigenvalue weighted by Gasteiger charge is 2.51. The first-order chi connectivity index (χ1) is 15.5. The number of amides is 4. The fraction of sp³-hybridized carbons (Fsp3) is 0.522. The second-order valence-corrected chi connectivity index (χ2v) is 8.63. The van der Waals surface area contributed by atoms with E-state index < -0.39 is 46.8 Å². The smallest absolute Gasteiger partial charge is 0.424 e. The van der Waals surface area contributed by atoms with Crippen LogP contribution in [0.2, 0.25) is 0 Å². The molecule has 3 N–H and O–H groups in total. The molecule has 4 amide bonds. The Balaban J connectivity index is 2.31. The highest BCUT2D eigenvalue weighted by atomic mass is 16.5. The van der Waals surface area contributed by atoms with E-state index in [1.807, 2.05) is 0 Å². The van der Waals surface area contributed by atoms with E-state index in [9.17, 15) is 24.0 Å². The molecule has 1 heterocycles. The van der Waals surface area contributed by atoms with Crippen LogP contribution in [-0.4, -0.2) is 72.0 Å². The summed E-state index contributed by atoms with van der Waals surface area (Å²) in [5.41, 5.74) is 1.06. The number of quaternary nitrogens is 1. The molecule has 0 radical (unpaired) electrons. The average molecular weight is 463 g/mol. The molecule has 0 aromatic heterocycles. The van der Waals surface area contributed by atoms with E-state index in [-0.39, 0.29) is 19.0 Å². The number of carboxylic acid groups (broad SMARTS) is 1. The molecule has 0 saturated carbocycles. The number of urea groups is 1. The van der Waals surface area contributed by atoms with Gasteiger partial charge in [0.1, 0.15) is 24.1 Å². The van der Waals surface area contributed by atoms with Crippen LogP contribution >= 0.6 is 0 Å². The second-order valence-electron chi connectivity index (χ2n) is 8.63. The molecule has 1 aliphatic rings. The molecule has 180 valence electrons. The van der Waals surface area contributed by atoms with Gasteiger partial charge in [-0.1, -0.05) is 19.9 Å². The molecule has 0 spiro atoms. The standard InChI is InChI=1S/C23H31N3O7/c1-14(2)20(25-21(30)18-12-17(33-4)8-7-15(18)3)22(31)26(9-5-6-10-26)23(32)24-16(13-27)11-19(28)29/h7-8,12-14,16,20H,5-6,9-11H2,1-4H3,(H2-,24,25,28,29,30,32)/p+1/t16-,20-/m0/s1. The summed E-state index contributed by atoms with van der Waals surface area (Å²) >= 11 is 0. The zero-order valence-electron chi connectivity index (χ0n) is 19.4. The number of carbonyl (C=O) groups excluding carboxylic acids is 4. The Bertz CT molecular complexity index is 923. The molecule has 1 aliphatic heterocycles. The summed E-state index contributed by atoms with van der Waals surface area (Å²) in [6.45, 7) is 5.72. The lowest BCUT2D eigenvalue weighted by Crippen LogP contribution is -2.66. The number of nitrogens with one attached hydrogen (secondary N) is 2. The predicted octanol–water partition coefficient (Wildman–Crippen LogP) is 1.65. The van der Waals surface area contributed by atoms with Gasteiger partial charge >= 0.3 is 17.9 Å². The number of carbonyl (C=O) groups is 5. The maximum atomic E-state index is 13.7. The topological polar surface area (TPSA) is 139 Å². The van der Waals surface area contributed by atoms with Crippen LogP contribution in [0.3, 0.4) is 0 Å². The number of benzene rings is 1. The zero-order chi connectivity index (χ0) is 24.8. The van der Waals surface area contributed by atoms with Gasteiger partial charge in [-0.25, -0.2) is 9.59 Å². The summed E-state index contributed by atoms with van der Waals surface area (Å²) in [5, 5.41) is 14.1. The Labute approximate surface area is 192 Å². The molecule has 10 heteroatoms. The van der Waals surface area contributed by atoms with Crippen LogP contribution in [0.15, 0.2) is 18.2 Å². The number of hydrogen-bond donors (Lipinski definition) is 3. The first kappa shape index (κ1) is 26.0. The first-order valence-electron chi connectivity index (χ1n) is 10.9. The number of aldehydes is 1. The van der Waals surface area contributed by atoms with Crippen molar-refractivity contribution < 1.29 is 38.3 Å². The Morgan fingerprint density at radius 1 is 1.15 bits per heavy atom. The molecule has 1 aromatic carbocycles. The lowest BCUT2D eigenvalue weighted by atomic mass is 10.00. The predicted molar refractivity (Wildman–Crippen MR) is 119 cm³/mol. The molecule has 0 unspecified atom stereocenters. The Morgan fingerprint density at radius 2 is 1.79 bits per heavy atom. The third-order valence-corrected chi connectivity index (χ3v) is 5.92. The van der Waals surface area contributed by atoms with Crippen LogP contribution in [0.25, 0.3) is 0 Å². The highest BCUT2D eigenvalue weighted by Crippen LogP contribution is 2.25. The lowest BCUT2D eigenvalue weighted by molar-refractivity contribution is -0.761. The maximum absolute atomic E-state index is 13.7. The van der Waals surface area contributed by atoms with Gasteiger partial charge in [-0.3, -0.25) is 14.9 Å².